The van der Waals surface area contributed by atoms with Gasteiger partial charge in [0.15, 0.2) is 0 Å². The van der Waals surface area contributed by atoms with E-state index in [4.69, 9.17) is 4.74 Å². The SMILES string of the molecule is CN(Cc1ccc2c(C(F)(F)F)c(O[C@H]3CC[C@@H](C(F)(F)F)CC3)ccc2c1)[C@H]1CC[C@@H](C(=O)O)CC1. The highest BCUT2D eigenvalue weighted by Crippen LogP contribution is 2.44. The minimum atomic E-state index is -4.70. The summed E-state index contributed by atoms with van der Waals surface area (Å²) in [6.07, 6.45) is -7.16. The molecule has 4 nitrogen and oxygen atoms in total. The molecule has 2 saturated carbocycles. The Balaban J connectivity index is 1.49. The van der Waals surface area contributed by atoms with Gasteiger partial charge in [-0.3, -0.25) is 9.69 Å². The van der Waals surface area contributed by atoms with E-state index in [-0.39, 0.29) is 48.8 Å². The Morgan fingerprint density at radius 1 is 0.946 bits per heavy atom. The number of carboxylic acids is 1. The van der Waals surface area contributed by atoms with Crippen LogP contribution >= 0.6 is 0 Å². The Morgan fingerprint density at radius 2 is 1.59 bits per heavy atom. The first-order chi connectivity index (χ1) is 17.3. The molecule has 2 aromatic carbocycles. The van der Waals surface area contributed by atoms with Crippen LogP contribution in [0.5, 0.6) is 5.75 Å². The third kappa shape index (κ3) is 6.51. The molecule has 0 saturated heterocycles. The second-order valence-corrected chi connectivity index (χ2v) is 10.4. The van der Waals surface area contributed by atoms with Gasteiger partial charge in [-0.15, -0.1) is 0 Å². The van der Waals surface area contributed by atoms with E-state index in [1.54, 1.807) is 18.2 Å². The van der Waals surface area contributed by atoms with E-state index in [0.717, 1.165) is 18.4 Å². The van der Waals surface area contributed by atoms with Crippen molar-refractivity contribution in [3.8, 4) is 5.75 Å². The molecule has 0 heterocycles. The maximum Gasteiger partial charge on any atom is 0.420 e. The standard InChI is InChI=1S/C27H31F6NO3/c1-34(20-8-3-17(4-9-20)25(35)36)15-16-2-12-22-18(14-16)5-13-23(24(22)27(31,32)33)37-21-10-6-19(7-11-21)26(28,29)30/h2,5,12-14,17,19-21H,3-4,6-11,15H2,1H3,(H,35,36)/t17-,19-,20+,21+. The fraction of sp³-hybridized carbons (Fsp3) is 0.593. The second kappa shape index (κ2) is 10.7. The Labute approximate surface area is 211 Å². The highest BCUT2D eigenvalue weighted by Gasteiger charge is 2.43. The normalized spacial score (nSPS) is 25.4. The lowest BCUT2D eigenvalue weighted by Gasteiger charge is -2.33. The van der Waals surface area contributed by atoms with E-state index >= 15 is 0 Å². The Bertz CT molecular complexity index is 1100. The molecule has 204 valence electrons. The van der Waals surface area contributed by atoms with Crippen molar-refractivity contribution in [3.63, 3.8) is 0 Å². The molecule has 10 heteroatoms. The first-order valence-corrected chi connectivity index (χ1v) is 12.6. The lowest BCUT2D eigenvalue weighted by Crippen LogP contribution is -2.36. The minimum Gasteiger partial charge on any atom is -0.490 e. The summed E-state index contributed by atoms with van der Waals surface area (Å²) < 4.78 is 86.8. The van der Waals surface area contributed by atoms with Gasteiger partial charge in [-0.1, -0.05) is 18.2 Å². The molecule has 0 aliphatic heterocycles. The third-order valence-corrected chi connectivity index (χ3v) is 7.86. The zero-order valence-electron chi connectivity index (χ0n) is 20.5. The Hall–Kier alpha value is -2.49. The number of fused-ring (bicyclic) bond motifs is 1. The average molecular weight is 532 g/mol. The fourth-order valence-corrected chi connectivity index (χ4v) is 5.72. The highest BCUT2D eigenvalue weighted by molar-refractivity contribution is 5.89. The lowest BCUT2D eigenvalue weighted by molar-refractivity contribution is -0.185. The van der Waals surface area contributed by atoms with Crippen LogP contribution in [-0.4, -0.2) is 41.3 Å². The van der Waals surface area contributed by atoms with Crippen LogP contribution < -0.4 is 4.74 Å². The van der Waals surface area contributed by atoms with Gasteiger partial charge >= 0.3 is 18.3 Å². The van der Waals surface area contributed by atoms with Crippen LogP contribution in [0, 0.1) is 11.8 Å². The number of carboxylic acid groups (broad SMARTS) is 1. The number of benzene rings is 2. The second-order valence-electron chi connectivity index (χ2n) is 10.4. The summed E-state index contributed by atoms with van der Waals surface area (Å²) in [5.74, 6) is -2.87. The summed E-state index contributed by atoms with van der Waals surface area (Å²) in [6, 6.07) is 7.82. The molecule has 2 fully saturated rings. The van der Waals surface area contributed by atoms with Crippen LogP contribution in [-0.2, 0) is 17.5 Å². The Kier molecular flexibility index (Phi) is 7.97. The molecule has 0 amide bonds. The maximum absolute atomic E-state index is 14.1. The van der Waals surface area contributed by atoms with Crippen molar-refractivity contribution in [2.24, 2.45) is 11.8 Å². The van der Waals surface area contributed by atoms with Gasteiger partial charge < -0.3 is 9.84 Å². The van der Waals surface area contributed by atoms with Crippen LogP contribution in [0.4, 0.5) is 26.3 Å². The zero-order chi connectivity index (χ0) is 27.0. The zero-order valence-corrected chi connectivity index (χ0v) is 20.5. The number of aliphatic carboxylic acids is 1. The number of halogens is 6. The largest absolute Gasteiger partial charge is 0.490 e. The van der Waals surface area contributed by atoms with Crippen molar-refractivity contribution in [3.05, 3.63) is 41.5 Å². The van der Waals surface area contributed by atoms with Gasteiger partial charge in [0.1, 0.15) is 11.3 Å². The van der Waals surface area contributed by atoms with E-state index in [0.29, 0.717) is 24.8 Å². The molecule has 0 bridgehead atoms. The first kappa shape index (κ1) is 27.5. The first-order valence-electron chi connectivity index (χ1n) is 12.6. The molecule has 1 N–H and O–H groups in total. The van der Waals surface area contributed by atoms with Gasteiger partial charge in [-0.05, 0) is 86.9 Å². The summed E-state index contributed by atoms with van der Waals surface area (Å²) in [5.41, 5.74) is -0.0718. The minimum absolute atomic E-state index is 0.0117. The topological polar surface area (TPSA) is 49.8 Å². The van der Waals surface area contributed by atoms with E-state index in [1.165, 1.54) is 12.1 Å². The number of rotatable bonds is 6. The molecule has 2 aliphatic carbocycles. The van der Waals surface area contributed by atoms with Gasteiger partial charge in [-0.25, -0.2) is 0 Å². The predicted octanol–water partition coefficient (Wildman–Crippen LogP) is 7.43. The molecular weight excluding hydrogens is 500 g/mol. The Morgan fingerprint density at radius 3 is 2.16 bits per heavy atom. The lowest BCUT2D eigenvalue weighted by atomic mass is 9.85. The molecule has 0 radical (unpaired) electrons. The summed E-state index contributed by atoms with van der Waals surface area (Å²) in [7, 11) is 1.93. The van der Waals surface area contributed by atoms with Gasteiger partial charge in [0.2, 0.25) is 0 Å². The van der Waals surface area contributed by atoms with Gasteiger partial charge in [0.05, 0.1) is 17.9 Å². The number of hydrogen-bond donors (Lipinski definition) is 1. The van der Waals surface area contributed by atoms with Crippen LogP contribution in [0.3, 0.4) is 0 Å². The smallest absolute Gasteiger partial charge is 0.420 e. The predicted molar refractivity (Wildman–Crippen MR) is 126 cm³/mol. The van der Waals surface area contributed by atoms with Crippen LogP contribution in [0.25, 0.3) is 10.8 Å². The van der Waals surface area contributed by atoms with Crippen LogP contribution in [0.2, 0.25) is 0 Å². The van der Waals surface area contributed by atoms with Gasteiger partial charge in [-0.2, -0.15) is 26.3 Å². The van der Waals surface area contributed by atoms with Gasteiger partial charge in [0.25, 0.3) is 0 Å². The molecule has 0 unspecified atom stereocenters. The number of nitrogens with zero attached hydrogens (tertiary/aromatic N) is 1. The van der Waals surface area contributed by atoms with Crippen molar-refractivity contribution >= 4 is 16.7 Å². The molecule has 0 aromatic heterocycles. The molecule has 2 aliphatic rings. The van der Waals surface area contributed by atoms with Crippen LogP contribution in [0.15, 0.2) is 30.3 Å². The number of carbonyl (C=O) groups is 1. The molecule has 37 heavy (non-hydrogen) atoms. The molecule has 2 aromatic rings. The molecule has 0 spiro atoms. The summed E-state index contributed by atoms with van der Waals surface area (Å²) >= 11 is 0. The van der Waals surface area contributed by atoms with Gasteiger partial charge in [0, 0.05) is 12.6 Å². The third-order valence-electron chi connectivity index (χ3n) is 7.86. The number of ether oxygens (including phenoxy) is 1. The van der Waals surface area contributed by atoms with Crippen molar-refractivity contribution in [2.75, 3.05) is 7.05 Å². The quantitative estimate of drug-likeness (QED) is 0.394. The summed E-state index contributed by atoms with van der Waals surface area (Å²) in [6.45, 7) is 0.514. The van der Waals surface area contributed by atoms with Crippen molar-refractivity contribution in [1.82, 2.24) is 4.90 Å². The molecule has 0 atom stereocenters. The highest BCUT2D eigenvalue weighted by atomic mass is 19.4. The molecule has 4 rings (SSSR count). The monoisotopic (exact) mass is 531 g/mol. The van der Waals surface area contributed by atoms with E-state index in [1.807, 2.05) is 7.05 Å². The fourth-order valence-electron chi connectivity index (χ4n) is 5.72. The maximum atomic E-state index is 14.1. The van der Waals surface area contributed by atoms with E-state index < -0.39 is 35.9 Å². The van der Waals surface area contributed by atoms with Crippen molar-refractivity contribution in [2.45, 2.75) is 82.4 Å². The summed E-state index contributed by atoms with van der Waals surface area (Å²) in [5, 5.41) is 9.58. The van der Waals surface area contributed by atoms with E-state index in [2.05, 4.69) is 4.90 Å². The van der Waals surface area contributed by atoms with Crippen molar-refractivity contribution < 1.29 is 41.0 Å². The average Bonchev–Trinajstić information content (AvgIpc) is 2.83. The number of hydrogen-bond acceptors (Lipinski definition) is 3. The molecular formula is C27H31F6NO3. The van der Waals surface area contributed by atoms with E-state index in [9.17, 15) is 36.2 Å². The van der Waals surface area contributed by atoms with Crippen LogP contribution in [0.1, 0.15) is 62.5 Å². The summed E-state index contributed by atoms with van der Waals surface area (Å²) in [4.78, 5) is 13.3. The van der Waals surface area contributed by atoms with Crippen molar-refractivity contribution in [1.29, 1.82) is 0 Å². The number of alkyl halides is 6.